The predicted octanol–water partition coefficient (Wildman–Crippen LogP) is 3.42. The summed E-state index contributed by atoms with van der Waals surface area (Å²) in [5, 5.41) is 13.3. The summed E-state index contributed by atoms with van der Waals surface area (Å²) in [6, 6.07) is 9.12. The van der Waals surface area contributed by atoms with E-state index in [2.05, 4.69) is 4.98 Å². The van der Waals surface area contributed by atoms with Crippen molar-refractivity contribution in [2.75, 3.05) is 27.3 Å². The molecule has 0 N–H and O–H groups in total. The summed E-state index contributed by atoms with van der Waals surface area (Å²) in [4.78, 5) is 9.71. The highest BCUT2D eigenvalue weighted by atomic mass is 16.7. The molecule has 0 bridgehead atoms. The van der Waals surface area contributed by atoms with E-state index in [1.54, 1.807) is 26.5 Å². The van der Waals surface area contributed by atoms with Crippen molar-refractivity contribution in [3.8, 4) is 23.1 Å². The van der Waals surface area contributed by atoms with E-state index < -0.39 is 0 Å². The van der Waals surface area contributed by atoms with Crippen LogP contribution in [0.25, 0.3) is 0 Å². The lowest BCUT2D eigenvalue weighted by atomic mass is 9.91. The number of pyridine rings is 1. The van der Waals surface area contributed by atoms with Gasteiger partial charge in [-0.1, -0.05) is 6.07 Å². The van der Waals surface area contributed by atoms with Crippen LogP contribution in [-0.4, -0.2) is 37.4 Å². The summed E-state index contributed by atoms with van der Waals surface area (Å²) < 4.78 is 10.7. The highest BCUT2D eigenvalue weighted by Crippen LogP contribution is 2.38. The molecule has 0 spiro atoms. The maximum absolute atomic E-state index is 11.4. The second kappa shape index (κ2) is 7.40. The van der Waals surface area contributed by atoms with Crippen molar-refractivity contribution in [1.82, 2.24) is 10.0 Å². The van der Waals surface area contributed by atoms with E-state index in [4.69, 9.17) is 14.3 Å². The lowest BCUT2D eigenvalue weighted by molar-refractivity contribution is -0.0773. The lowest BCUT2D eigenvalue weighted by Gasteiger charge is -2.31. The normalized spacial score (nSPS) is 15.9. The van der Waals surface area contributed by atoms with E-state index in [0.29, 0.717) is 23.2 Å². The SMILES string of the molecule is COc1cccc(ON2CCC(c3ccnc([O])c3)CC2)c1OC. The van der Waals surface area contributed by atoms with Crippen molar-refractivity contribution in [2.45, 2.75) is 18.8 Å². The molecule has 6 heteroatoms. The molecule has 1 aromatic heterocycles. The molecule has 1 aromatic carbocycles. The molecule has 1 radical (unpaired) electrons. The Morgan fingerprint density at radius 1 is 1.08 bits per heavy atom. The van der Waals surface area contributed by atoms with Gasteiger partial charge in [-0.25, -0.2) is 4.98 Å². The molecule has 0 unspecified atom stereocenters. The van der Waals surface area contributed by atoms with Crippen molar-refractivity contribution in [1.29, 1.82) is 0 Å². The fourth-order valence-electron chi connectivity index (χ4n) is 3.03. The van der Waals surface area contributed by atoms with Gasteiger partial charge < -0.3 is 14.3 Å². The van der Waals surface area contributed by atoms with E-state index in [1.807, 2.05) is 29.3 Å². The van der Waals surface area contributed by atoms with Crippen molar-refractivity contribution in [3.05, 3.63) is 42.1 Å². The van der Waals surface area contributed by atoms with Crippen LogP contribution in [0.2, 0.25) is 0 Å². The molecule has 1 saturated heterocycles. The summed E-state index contributed by atoms with van der Waals surface area (Å²) >= 11 is 0. The molecule has 0 atom stereocenters. The third kappa shape index (κ3) is 3.54. The Morgan fingerprint density at radius 2 is 1.83 bits per heavy atom. The highest BCUT2D eigenvalue weighted by molar-refractivity contribution is 5.50. The Bertz CT molecular complexity index is 684. The number of aromatic nitrogens is 1. The van der Waals surface area contributed by atoms with Gasteiger partial charge in [-0.05, 0) is 42.5 Å². The van der Waals surface area contributed by atoms with E-state index in [1.165, 1.54) is 0 Å². The van der Waals surface area contributed by atoms with Crippen LogP contribution >= 0.6 is 0 Å². The maximum Gasteiger partial charge on any atom is 0.269 e. The van der Waals surface area contributed by atoms with Crippen LogP contribution in [-0.2, 0) is 5.11 Å². The molecule has 127 valence electrons. The van der Waals surface area contributed by atoms with Gasteiger partial charge in [0.2, 0.25) is 5.75 Å². The van der Waals surface area contributed by atoms with Gasteiger partial charge in [-0.2, -0.15) is 0 Å². The van der Waals surface area contributed by atoms with Crippen LogP contribution in [0, 0.1) is 0 Å². The van der Waals surface area contributed by atoms with Gasteiger partial charge in [0.15, 0.2) is 11.5 Å². The quantitative estimate of drug-likeness (QED) is 0.841. The largest absolute Gasteiger partial charge is 0.493 e. The fourth-order valence-corrected chi connectivity index (χ4v) is 3.03. The standard InChI is InChI=1S/C18H21N2O4/c1-22-15-4-3-5-16(18(15)23-2)24-20-10-7-13(8-11-20)14-6-9-19-17(21)12-14/h3-6,9,12-13H,7-8,10-11H2,1-2H3. The monoisotopic (exact) mass is 329 g/mol. The minimum absolute atomic E-state index is 0.174. The first-order valence-electron chi connectivity index (χ1n) is 7.98. The zero-order valence-electron chi connectivity index (χ0n) is 13.9. The van der Waals surface area contributed by atoms with E-state index in [-0.39, 0.29) is 5.88 Å². The number of rotatable bonds is 5. The molecule has 1 fully saturated rings. The van der Waals surface area contributed by atoms with Gasteiger partial charge in [0.25, 0.3) is 5.88 Å². The van der Waals surface area contributed by atoms with Crippen molar-refractivity contribution in [2.24, 2.45) is 0 Å². The molecule has 2 heterocycles. The van der Waals surface area contributed by atoms with Gasteiger partial charge in [0.1, 0.15) is 0 Å². The number of ether oxygens (including phenoxy) is 2. The fraction of sp³-hybridized carbons (Fsp3) is 0.389. The molecule has 0 amide bonds. The molecule has 2 aromatic rings. The van der Waals surface area contributed by atoms with Crippen molar-refractivity contribution >= 4 is 0 Å². The number of piperidine rings is 1. The first-order valence-corrected chi connectivity index (χ1v) is 7.98. The molecule has 3 rings (SSSR count). The third-order valence-corrected chi connectivity index (χ3v) is 4.28. The van der Waals surface area contributed by atoms with Gasteiger partial charge in [-0.3, -0.25) is 5.11 Å². The smallest absolute Gasteiger partial charge is 0.269 e. The summed E-state index contributed by atoms with van der Waals surface area (Å²) in [6.07, 6.45) is 3.44. The number of hydrogen-bond acceptors (Lipinski definition) is 5. The zero-order chi connectivity index (χ0) is 16.9. The van der Waals surface area contributed by atoms with Gasteiger partial charge in [0.05, 0.1) is 14.2 Å². The summed E-state index contributed by atoms with van der Waals surface area (Å²) in [5.41, 5.74) is 1.06. The van der Waals surface area contributed by atoms with Crippen LogP contribution in [0.5, 0.6) is 23.1 Å². The summed E-state index contributed by atoms with van der Waals surface area (Å²) in [6.45, 7) is 1.56. The van der Waals surface area contributed by atoms with Gasteiger partial charge in [0, 0.05) is 25.4 Å². The van der Waals surface area contributed by atoms with Gasteiger partial charge >= 0.3 is 0 Å². The number of benzene rings is 1. The second-order valence-corrected chi connectivity index (χ2v) is 5.71. The second-order valence-electron chi connectivity index (χ2n) is 5.71. The van der Waals surface area contributed by atoms with Crippen LogP contribution < -0.4 is 14.3 Å². The van der Waals surface area contributed by atoms with Crippen LogP contribution in [0.15, 0.2) is 36.5 Å². The Labute approximate surface area is 141 Å². The van der Waals surface area contributed by atoms with E-state index >= 15 is 0 Å². The highest BCUT2D eigenvalue weighted by Gasteiger charge is 2.23. The molecular weight excluding hydrogens is 308 g/mol. The number of nitrogens with zero attached hydrogens (tertiary/aromatic N) is 2. The first-order chi connectivity index (χ1) is 11.7. The minimum Gasteiger partial charge on any atom is -0.493 e. The first kappa shape index (κ1) is 16.4. The summed E-state index contributed by atoms with van der Waals surface area (Å²) in [5.74, 6) is 2.07. The van der Waals surface area contributed by atoms with E-state index in [9.17, 15) is 5.11 Å². The Balaban J connectivity index is 1.64. The number of para-hydroxylation sites is 1. The molecule has 0 aliphatic carbocycles. The molecule has 1 aliphatic rings. The molecule has 24 heavy (non-hydrogen) atoms. The van der Waals surface area contributed by atoms with Crippen LogP contribution in [0.1, 0.15) is 24.3 Å². The van der Waals surface area contributed by atoms with Gasteiger partial charge in [-0.15, -0.1) is 5.06 Å². The van der Waals surface area contributed by atoms with Crippen molar-refractivity contribution < 1.29 is 19.4 Å². The van der Waals surface area contributed by atoms with Crippen LogP contribution in [0.4, 0.5) is 0 Å². The summed E-state index contributed by atoms with van der Waals surface area (Å²) in [7, 11) is 3.20. The minimum atomic E-state index is -0.174. The zero-order valence-corrected chi connectivity index (χ0v) is 13.9. The Morgan fingerprint density at radius 3 is 2.50 bits per heavy atom. The lowest BCUT2D eigenvalue weighted by Crippen LogP contribution is -2.35. The molecule has 1 aliphatic heterocycles. The van der Waals surface area contributed by atoms with Crippen molar-refractivity contribution in [3.63, 3.8) is 0 Å². The Hall–Kier alpha value is -2.47. The molecule has 6 nitrogen and oxygen atoms in total. The number of hydrogen-bond donors (Lipinski definition) is 0. The number of methoxy groups -OCH3 is 2. The van der Waals surface area contributed by atoms with Crippen LogP contribution in [0.3, 0.4) is 0 Å². The number of hydroxylamine groups is 2. The average Bonchev–Trinajstić information content (AvgIpc) is 2.62. The van der Waals surface area contributed by atoms with E-state index in [0.717, 1.165) is 31.5 Å². The Kier molecular flexibility index (Phi) is 5.05. The predicted molar refractivity (Wildman–Crippen MR) is 88.1 cm³/mol. The molecular formula is C18H21N2O4. The molecule has 0 saturated carbocycles. The average molecular weight is 329 g/mol. The topological polar surface area (TPSA) is 63.7 Å². The third-order valence-electron chi connectivity index (χ3n) is 4.28. The maximum atomic E-state index is 11.4.